The molecule has 0 spiro atoms. The maximum atomic E-state index is 13.4. The van der Waals surface area contributed by atoms with Crippen molar-refractivity contribution in [2.75, 3.05) is 39.3 Å². The van der Waals surface area contributed by atoms with E-state index in [1.54, 1.807) is 19.1 Å². The van der Waals surface area contributed by atoms with E-state index in [0.29, 0.717) is 24.7 Å². The second kappa shape index (κ2) is 14.0. The van der Waals surface area contributed by atoms with Crippen LogP contribution in [0.4, 0.5) is 8.78 Å². The fourth-order valence-electron chi connectivity index (χ4n) is 4.66. The van der Waals surface area contributed by atoms with Gasteiger partial charge in [0, 0.05) is 50.8 Å². The standard InChI is InChI=1S/C25H41F2N3O/c1-4-20(2)24(25(26)27)19-21(3)30-16-14-29(15-17-30)13-11-22-7-9-23(10-8-22)31-18-6-5-12-28/h4,19,21-23,25H,5-11,13-18H2,1-3H3/b20-4-,24-19+. The summed E-state index contributed by atoms with van der Waals surface area (Å²) in [7, 11) is 0. The van der Waals surface area contributed by atoms with Gasteiger partial charge in [-0.2, -0.15) is 5.26 Å². The number of halogens is 2. The number of hydrogen-bond donors (Lipinski definition) is 0. The average molecular weight is 438 g/mol. The molecule has 2 fully saturated rings. The smallest absolute Gasteiger partial charge is 0.263 e. The summed E-state index contributed by atoms with van der Waals surface area (Å²) in [6, 6.07) is 2.20. The third-order valence-electron chi connectivity index (χ3n) is 6.96. The van der Waals surface area contributed by atoms with Crippen LogP contribution in [0.2, 0.25) is 0 Å². The van der Waals surface area contributed by atoms with Crippen molar-refractivity contribution in [2.45, 2.75) is 84.3 Å². The van der Waals surface area contributed by atoms with Gasteiger partial charge in [0.05, 0.1) is 12.2 Å². The molecule has 0 N–H and O–H groups in total. The molecule has 1 aliphatic heterocycles. The molecule has 0 aromatic heterocycles. The Morgan fingerprint density at radius 1 is 1.16 bits per heavy atom. The number of allylic oxidation sites excluding steroid dienone is 3. The largest absolute Gasteiger partial charge is 0.378 e. The Bertz CT molecular complexity index is 613. The molecule has 6 heteroatoms. The van der Waals surface area contributed by atoms with Crippen molar-refractivity contribution in [3.8, 4) is 6.07 Å². The predicted octanol–water partition coefficient (Wildman–Crippen LogP) is 5.42. The van der Waals surface area contributed by atoms with Crippen LogP contribution in [-0.4, -0.2) is 67.7 Å². The Morgan fingerprint density at radius 2 is 1.84 bits per heavy atom. The second-order valence-electron chi connectivity index (χ2n) is 9.08. The number of piperazine rings is 1. The summed E-state index contributed by atoms with van der Waals surface area (Å²) in [6.45, 7) is 11.4. The zero-order chi connectivity index (χ0) is 22.6. The van der Waals surface area contributed by atoms with E-state index in [2.05, 4.69) is 15.9 Å². The summed E-state index contributed by atoms with van der Waals surface area (Å²) < 4.78 is 32.6. The molecule has 31 heavy (non-hydrogen) atoms. The van der Waals surface area contributed by atoms with E-state index in [4.69, 9.17) is 10.00 Å². The summed E-state index contributed by atoms with van der Waals surface area (Å²) in [5.41, 5.74) is 0.838. The lowest BCUT2D eigenvalue weighted by Crippen LogP contribution is -2.49. The molecule has 1 aliphatic carbocycles. The maximum absolute atomic E-state index is 13.4. The van der Waals surface area contributed by atoms with Crippen LogP contribution in [0.1, 0.15) is 65.7 Å². The summed E-state index contributed by atoms with van der Waals surface area (Å²) in [6.07, 6.45) is 8.92. The van der Waals surface area contributed by atoms with Gasteiger partial charge >= 0.3 is 0 Å². The molecule has 0 amide bonds. The molecule has 0 aromatic rings. The molecule has 2 rings (SSSR count). The van der Waals surface area contributed by atoms with Crippen LogP contribution in [0.15, 0.2) is 23.3 Å². The SMILES string of the molecule is C/C=C(C)\C(=C/C(C)N1CCN(CCC2CCC(OCCCC#N)CC2)CC1)C(F)F. The van der Waals surface area contributed by atoms with E-state index in [1.165, 1.54) is 19.3 Å². The molecule has 1 saturated heterocycles. The molecule has 1 heterocycles. The van der Waals surface area contributed by atoms with Crippen LogP contribution >= 0.6 is 0 Å². The quantitative estimate of drug-likeness (QED) is 0.320. The van der Waals surface area contributed by atoms with Crippen LogP contribution < -0.4 is 0 Å². The Balaban J connectivity index is 1.66. The van der Waals surface area contributed by atoms with Gasteiger partial charge in [-0.05, 0) is 77.3 Å². The highest BCUT2D eigenvalue weighted by Crippen LogP contribution is 2.29. The fourth-order valence-corrected chi connectivity index (χ4v) is 4.66. The number of rotatable bonds is 11. The predicted molar refractivity (Wildman–Crippen MR) is 122 cm³/mol. The second-order valence-corrected chi connectivity index (χ2v) is 9.08. The van der Waals surface area contributed by atoms with Gasteiger partial charge in [-0.15, -0.1) is 0 Å². The monoisotopic (exact) mass is 437 g/mol. The Kier molecular flexibility index (Phi) is 11.7. The molecule has 0 radical (unpaired) electrons. The molecular formula is C25H41F2N3O. The minimum Gasteiger partial charge on any atom is -0.378 e. The summed E-state index contributed by atoms with van der Waals surface area (Å²) in [4.78, 5) is 4.85. The number of nitriles is 1. The molecule has 0 bridgehead atoms. The van der Waals surface area contributed by atoms with Crippen LogP contribution in [0.25, 0.3) is 0 Å². The van der Waals surface area contributed by atoms with Crippen LogP contribution in [0.3, 0.4) is 0 Å². The summed E-state index contributed by atoms with van der Waals surface area (Å²) in [5, 5.41) is 8.59. The molecule has 1 unspecified atom stereocenters. The molecule has 1 saturated carbocycles. The normalized spacial score (nSPS) is 25.6. The lowest BCUT2D eigenvalue weighted by atomic mass is 9.85. The number of unbranched alkanes of at least 4 members (excludes halogenated alkanes) is 1. The molecule has 1 atom stereocenters. The van der Waals surface area contributed by atoms with E-state index in [0.717, 1.165) is 57.9 Å². The van der Waals surface area contributed by atoms with Crippen LogP contribution in [-0.2, 0) is 4.74 Å². The van der Waals surface area contributed by atoms with Gasteiger partial charge < -0.3 is 9.64 Å². The first-order valence-electron chi connectivity index (χ1n) is 12.0. The highest BCUT2D eigenvalue weighted by Gasteiger charge is 2.25. The molecule has 2 aliphatic rings. The van der Waals surface area contributed by atoms with Gasteiger partial charge in [-0.25, -0.2) is 8.78 Å². The maximum Gasteiger partial charge on any atom is 0.263 e. The van der Waals surface area contributed by atoms with Crippen molar-refractivity contribution in [1.82, 2.24) is 9.80 Å². The zero-order valence-electron chi connectivity index (χ0n) is 19.7. The minimum absolute atomic E-state index is 0.0319. The first kappa shape index (κ1) is 26.0. The van der Waals surface area contributed by atoms with Crippen molar-refractivity contribution in [3.05, 3.63) is 23.3 Å². The van der Waals surface area contributed by atoms with Gasteiger partial charge in [-0.1, -0.05) is 12.2 Å². The Morgan fingerprint density at radius 3 is 2.42 bits per heavy atom. The van der Waals surface area contributed by atoms with Gasteiger partial charge in [-0.3, -0.25) is 4.90 Å². The molecule has 4 nitrogen and oxygen atoms in total. The fraction of sp³-hybridized carbons (Fsp3) is 0.800. The van der Waals surface area contributed by atoms with E-state index in [1.807, 2.05) is 13.8 Å². The Hall–Kier alpha value is -1.29. The highest BCUT2D eigenvalue weighted by molar-refractivity contribution is 5.31. The first-order chi connectivity index (χ1) is 14.9. The minimum atomic E-state index is -2.42. The Labute approximate surface area is 187 Å². The molecule has 0 aromatic carbocycles. The van der Waals surface area contributed by atoms with Crippen molar-refractivity contribution in [3.63, 3.8) is 0 Å². The third-order valence-corrected chi connectivity index (χ3v) is 6.96. The summed E-state index contributed by atoms with van der Waals surface area (Å²) in [5.74, 6) is 0.788. The molecule has 176 valence electrons. The number of ether oxygens (including phenoxy) is 1. The van der Waals surface area contributed by atoms with Crippen LogP contribution in [0, 0.1) is 17.2 Å². The lowest BCUT2D eigenvalue weighted by molar-refractivity contribution is 0.0147. The zero-order valence-corrected chi connectivity index (χ0v) is 19.7. The van der Waals surface area contributed by atoms with Crippen LogP contribution in [0.5, 0.6) is 0 Å². The summed E-state index contributed by atoms with van der Waals surface area (Å²) >= 11 is 0. The van der Waals surface area contributed by atoms with E-state index >= 15 is 0 Å². The average Bonchev–Trinajstić information content (AvgIpc) is 2.79. The third kappa shape index (κ3) is 9.00. The number of hydrogen-bond acceptors (Lipinski definition) is 4. The van der Waals surface area contributed by atoms with Gasteiger partial charge in [0.15, 0.2) is 0 Å². The van der Waals surface area contributed by atoms with Crippen molar-refractivity contribution >= 4 is 0 Å². The van der Waals surface area contributed by atoms with Gasteiger partial charge in [0.25, 0.3) is 6.43 Å². The van der Waals surface area contributed by atoms with E-state index in [-0.39, 0.29) is 11.6 Å². The van der Waals surface area contributed by atoms with Gasteiger partial charge in [0.1, 0.15) is 0 Å². The lowest BCUT2D eigenvalue weighted by Gasteiger charge is -2.38. The van der Waals surface area contributed by atoms with Crippen molar-refractivity contribution in [1.29, 1.82) is 5.26 Å². The highest BCUT2D eigenvalue weighted by atomic mass is 19.3. The van der Waals surface area contributed by atoms with Gasteiger partial charge in [0.2, 0.25) is 0 Å². The van der Waals surface area contributed by atoms with Crippen molar-refractivity contribution < 1.29 is 13.5 Å². The van der Waals surface area contributed by atoms with E-state index < -0.39 is 6.43 Å². The number of nitrogens with zero attached hydrogens (tertiary/aromatic N) is 3. The topological polar surface area (TPSA) is 39.5 Å². The molecular weight excluding hydrogens is 396 g/mol. The van der Waals surface area contributed by atoms with E-state index in [9.17, 15) is 8.78 Å². The first-order valence-corrected chi connectivity index (χ1v) is 12.0. The number of alkyl halides is 2. The van der Waals surface area contributed by atoms with Crippen molar-refractivity contribution in [2.24, 2.45) is 5.92 Å².